The Bertz CT molecular complexity index is 1390. The van der Waals surface area contributed by atoms with Crippen LogP contribution in [0.25, 0.3) is 0 Å². The first-order chi connectivity index (χ1) is 18.0. The number of nitrogens with one attached hydrogen (secondary N) is 2. The minimum absolute atomic E-state index is 0.0184. The highest BCUT2D eigenvalue weighted by atomic mass is 32.2. The summed E-state index contributed by atoms with van der Waals surface area (Å²) in [5.41, 5.74) is 0.621. The number of aliphatic hydroxyl groups is 1. The maximum Gasteiger partial charge on any atom is 0.254 e. The highest BCUT2D eigenvalue weighted by molar-refractivity contribution is 7.89. The maximum absolute atomic E-state index is 13.4. The average molecular weight is 540 g/mol. The van der Waals surface area contributed by atoms with Crippen molar-refractivity contribution in [3.05, 3.63) is 95.8 Å². The molecule has 0 unspecified atom stereocenters. The molecule has 3 aromatic carbocycles. The van der Waals surface area contributed by atoms with E-state index in [-0.39, 0.29) is 28.9 Å². The predicted molar refractivity (Wildman–Crippen MR) is 142 cm³/mol. The van der Waals surface area contributed by atoms with Crippen molar-refractivity contribution in [1.82, 2.24) is 9.62 Å². The lowest BCUT2D eigenvalue weighted by Crippen LogP contribution is -2.46. The number of sulfonamides is 1. The van der Waals surface area contributed by atoms with E-state index in [0.29, 0.717) is 18.7 Å². The molecule has 1 heterocycles. The molecule has 1 aliphatic rings. The van der Waals surface area contributed by atoms with Gasteiger partial charge in [0.25, 0.3) is 5.91 Å². The van der Waals surface area contributed by atoms with E-state index >= 15 is 0 Å². The number of halogens is 1. The van der Waals surface area contributed by atoms with Gasteiger partial charge in [0.2, 0.25) is 15.9 Å². The van der Waals surface area contributed by atoms with Gasteiger partial charge in [-0.15, -0.1) is 0 Å². The number of likely N-dealkylation sites (tertiary alicyclic amines) is 1. The molecule has 3 N–H and O–H groups in total. The molecule has 2 amide bonds. The Balaban J connectivity index is 1.54. The number of rotatable bonds is 8. The third kappa shape index (κ3) is 6.27. The summed E-state index contributed by atoms with van der Waals surface area (Å²) < 4.78 is 41.1. The second kappa shape index (κ2) is 11.0. The summed E-state index contributed by atoms with van der Waals surface area (Å²) >= 11 is 0. The number of benzene rings is 3. The predicted octanol–water partition coefficient (Wildman–Crippen LogP) is 3.51. The lowest BCUT2D eigenvalue weighted by atomic mass is 9.96. The van der Waals surface area contributed by atoms with Crippen LogP contribution in [-0.2, 0) is 14.8 Å². The Kier molecular flexibility index (Phi) is 7.96. The van der Waals surface area contributed by atoms with Gasteiger partial charge in [0.15, 0.2) is 0 Å². The standard InChI is InChI=1S/C28H30FN3O5S/c1-28(2,18-33)31-38(36,37)24-14-12-23(13-15-24)30-26(34)25-16-21(19-6-4-3-5-7-19)17-32(25)27(35)20-8-10-22(29)11-9-20/h3-15,21,25,31,33H,16-18H2,1-2H3,(H,30,34)/t21-,25+/m1/s1. The molecule has 2 atom stereocenters. The van der Waals surface area contributed by atoms with Crippen molar-refractivity contribution < 1.29 is 27.5 Å². The maximum atomic E-state index is 13.4. The van der Waals surface area contributed by atoms with Crippen LogP contribution < -0.4 is 10.0 Å². The van der Waals surface area contributed by atoms with Gasteiger partial charge in [-0.25, -0.2) is 17.5 Å². The monoisotopic (exact) mass is 539 g/mol. The molecule has 0 bridgehead atoms. The summed E-state index contributed by atoms with van der Waals surface area (Å²) in [7, 11) is -3.88. The van der Waals surface area contributed by atoms with Gasteiger partial charge >= 0.3 is 0 Å². The van der Waals surface area contributed by atoms with E-state index in [9.17, 15) is 27.5 Å². The average Bonchev–Trinajstić information content (AvgIpc) is 3.35. The van der Waals surface area contributed by atoms with Crippen LogP contribution in [0.15, 0.2) is 83.8 Å². The fourth-order valence-electron chi connectivity index (χ4n) is 4.43. The number of aliphatic hydroxyl groups excluding tert-OH is 1. The molecule has 1 aliphatic heterocycles. The summed E-state index contributed by atoms with van der Waals surface area (Å²) in [4.78, 5) is 28.2. The summed E-state index contributed by atoms with van der Waals surface area (Å²) in [6.07, 6.45) is 0.398. The first kappa shape index (κ1) is 27.4. The number of hydrogen-bond donors (Lipinski definition) is 3. The highest BCUT2D eigenvalue weighted by Gasteiger charge is 2.40. The molecule has 0 aromatic heterocycles. The van der Waals surface area contributed by atoms with Gasteiger partial charge in [-0.2, -0.15) is 0 Å². The van der Waals surface area contributed by atoms with Crippen LogP contribution in [0.1, 0.15) is 42.1 Å². The summed E-state index contributed by atoms with van der Waals surface area (Å²) in [6.45, 7) is 3.06. The molecule has 10 heteroatoms. The Morgan fingerprint density at radius 2 is 1.63 bits per heavy atom. The lowest BCUT2D eigenvalue weighted by molar-refractivity contribution is -0.119. The van der Waals surface area contributed by atoms with E-state index in [1.54, 1.807) is 13.8 Å². The molecule has 0 aliphatic carbocycles. The van der Waals surface area contributed by atoms with Crippen molar-refractivity contribution in [2.75, 3.05) is 18.5 Å². The van der Waals surface area contributed by atoms with Crippen LogP contribution in [0.4, 0.5) is 10.1 Å². The van der Waals surface area contributed by atoms with E-state index in [2.05, 4.69) is 10.0 Å². The van der Waals surface area contributed by atoms with Gasteiger partial charge in [-0.3, -0.25) is 9.59 Å². The first-order valence-electron chi connectivity index (χ1n) is 12.2. The SMILES string of the molecule is CC(C)(CO)NS(=O)(=O)c1ccc(NC(=O)[C@@H]2C[C@@H](c3ccccc3)CN2C(=O)c2ccc(F)cc2)cc1. The quantitative estimate of drug-likeness (QED) is 0.405. The van der Waals surface area contributed by atoms with Crippen LogP contribution in [0.5, 0.6) is 0 Å². The summed E-state index contributed by atoms with van der Waals surface area (Å²) in [5, 5.41) is 12.2. The van der Waals surface area contributed by atoms with Gasteiger partial charge in [0.1, 0.15) is 11.9 Å². The zero-order valence-corrected chi connectivity index (χ0v) is 21.9. The number of anilines is 1. The molecule has 1 fully saturated rings. The van der Waals surface area contributed by atoms with Crippen LogP contribution >= 0.6 is 0 Å². The molecule has 8 nitrogen and oxygen atoms in total. The zero-order chi connectivity index (χ0) is 27.5. The zero-order valence-electron chi connectivity index (χ0n) is 21.1. The van der Waals surface area contributed by atoms with Crippen molar-refractivity contribution in [2.45, 2.75) is 42.7 Å². The topological polar surface area (TPSA) is 116 Å². The third-order valence-corrected chi connectivity index (χ3v) is 8.18. The van der Waals surface area contributed by atoms with E-state index in [1.165, 1.54) is 53.4 Å². The Labute approximate surface area is 221 Å². The number of carbonyl (C=O) groups excluding carboxylic acids is 2. The largest absolute Gasteiger partial charge is 0.394 e. The van der Waals surface area contributed by atoms with Gasteiger partial charge in [-0.05, 0) is 74.4 Å². The second-order valence-electron chi connectivity index (χ2n) is 9.98. The molecule has 0 spiro atoms. The van der Waals surface area contributed by atoms with Crippen molar-refractivity contribution >= 4 is 27.5 Å². The normalized spacial score (nSPS) is 17.8. The van der Waals surface area contributed by atoms with E-state index < -0.39 is 33.3 Å². The van der Waals surface area contributed by atoms with Crippen molar-refractivity contribution in [3.8, 4) is 0 Å². The highest BCUT2D eigenvalue weighted by Crippen LogP contribution is 2.33. The Morgan fingerprint density at radius 1 is 1.00 bits per heavy atom. The molecule has 1 saturated heterocycles. The van der Waals surface area contributed by atoms with E-state index in [4.69, 9.17) is 0 Å². The molecule has 0 saturated carbocycles. The molecular weight excluding hydrogens is 509 g/mol. The van der Waals surface area contributed by atoms with Crippen LogP contribution in [0, 0.1) is 5.82 Å². The second-order valence-corrected chi connectivity index (χ2v) is 11.7. The minimum Gasteiger partial charge on any atom is -0.394 e. The van der Waals surface area contributed by atoms with Gasteiger partial charge in [-0.1, -0.05) is 30.3 Å². The summed E-state index contributed by atoms with van der Waals surface area (Å²) in [6, 6.07) is 19.7. The smallest absolute Gasteiger partial charge is 0.254 e. The molecule has 200 valence electrons. The van der Waals surface area contributed by atoms with E-state index in [0.717, 1.165) is 5.56 Å². The number of carbonyl (C=O) groups is 2. The molecular formula is C28H30FN3O5S. The van der Waals surface area contributed by atoms with E-state index in [1.807, 2.05) is 30.3 Å². The first-order valence-corrected chi connectivity index (χ1v) is 13.6. The van der Waals surface area contributed by atoms with Crippen molar-refractivity contribution in [3.63, 3.8) is 0 Å². The third-order valence-electron chi connectivity index (χ3n) is 6.46. The van der Waals surface area contributed by atoms with Gasteiger partial charge in [0, 0.05) is 23.7 Å². The number of amides is 2. The number of nitrogens with zero attached hydrogens (tertiary/aromatic N) is 1. The van der Waals surface area contributed by atoms with Gasteiger partial charge in [0.05, 0.1) is 17.0 Å². The number of hydrogen-bond acceptors (Lipinski definition) is 5. The van der Waals surface area contributed by atoms with Crippen LogP contribution in [0.3, 0.4) is 0 Å². The fourth-order valence-corrected chi connectivity index (χ4v) is 5.84. The van der Waals surface area contributed by atoms with Crippen LogP contribution in [-0.4, -0.2) is 55.0 Å². The Morgan fingerprint density at radius 3 is 2.24 bits per heavy atom. The lowest BCUT2D eigenvalue weighted by Gasteiger charge is -2.24. The fraction of sp³-hybridized carbons (Fsp3) is 0.286. The Hall–Kier alpha value is -3.60. The molecule has 38 heavy (non-hydrogen) atoms. The molecule has 3 aromatic rings. The van der Waals surface area contributed by atoms with Crippen molar-refractivity contribution in [2.24, 2.45) is 0 Å². The summed E-state index contributed by atoms with van der Waals surface area (Å²) in [5.74, 6) is -1.30. The molecule has 4 rings (SSSR count). The van der Waals surface area contributed by atoms with Crippen molar-refractivity contribution in [1.29, 1.82) is 0 Å². The van der Waals surface area contributed by atoms with Gasteiger partial charge < -0.3 is 15.3 Å². The molecule has 0 radical (unpaired) electrons. The van der Waals surface area contributed by atoms with Crippen LogP contribution in [0.2, 0.25) is 0 Å². The minimum atomic E-state index is -3.88.